The molecule has 0 saturated carbocycles. The molecular weight excluding hydrogens is 413 g/mol. The molecule has 0 bridgehead atoms. The van der Waals surface area contributed by atoms with Crippen LogP contribution in [0.3, 0.4) is 0 Å². The highest BCUT2D eigenvalue weighted by molar-refractivity contribution is 6.33. The zero-order valence-electron chi connectivity index (χ0n) is 16.6. The van der Waals surface area contributed by atoms with Crippen molar-refractivity contribution in [2.75, 3.05) is 0 Å². The Morgan fingerprint density at radius 1 is 1.17 bits per heavy atom. The minimum absolute atomic E-state index is 0.130. The second kappa shape index (κ2) is 6.70. The van der Waals surface area contributed by atoms with Gasteiger partial charge in [0.2, 0.25) is 0 Å². The first-order valence-corrected chi connectivity index (χ1v) is 10.0. The van der Waals surface area contributed by atoms with E-state index < -0.39 is 41.7 Å². The largest absolute Gasteiger partial charge is 0.383 e. The number of hydrogen-bond acceptors (Lipinski definition) is 6. The Labute approximate surface area is 177 Å². The summed E-state index contributed by atoms with van der Waals surface area (Å²) in [6.45, 7) is 5.12. The molecule has 30 heavy (non-hydrogen) atoms. The quantitative estimate of drug-likeness (QED) is 0.636. The maximum atomic E-state index is 14.5. The highest BCUT2D eigenvalue weighted by Crippen LogP contribution is 2.49. The highest BCUT2D eigenvalue weighted by atomic mass is 35.5. The van der Waals surface area contributed by atoms with E-state index in [2.05, 4.69) is 9.97 Å². The molecule has 5 rings (SSSR count). The van der Waals surface area contributed by atoms with Gasteiger partial charge in [0.05, 0.1) is 5.39 Å². The van der Waals surface area contributed by atoms with Crippen molar-refractivity contribution in [2.45, 2.75) is 56.7 Å². The zero-order chi connectivity index (χ0) is 21.3. The average Bonchev–Trinajstić information content (AvgIpc) is 3.33. The summed E-state index contributed by atoms with van der Waals surface area (Å²) in [4.78, 5) is 8.33. The van der Waals surface area contributed by atoms with E-state index in [0.29, 0.717) is 16.2 Å². The topological polar surface area (TPSA) is 78.6 Å². The summed E-state index contributed by atoms with van der Waals surface area (Å²) < 4.78 is 34.8. The molecule has 0 amide bonds. The van der Waals surface area contributed by atoms with Crippen molar-refractivity contribution in [1.82, 2.24) is 14.5 Å². The average molecular weight is 434 g/mol. The number of ether oxygens (including phenoxy) is 3. The summed E-state index contributed by atoms with van der Waals surface area (Å²) in [6, 6.07) is 7.89. The van der Waals surface area contributed by atoms with Crippen LogP contribution < -0.4 is 0 Å². The molecule has 2 fully saturated rings. The van der Waals surface area contributed by atoms with Gasteiger partial charge in [-0.25, -0.2) is 14.4 Å². The molecule has 0 aliphatic carbocycles. The monoisotopic (exact) mass is 433 g/mol. The first-order valence-electron chi connectivity index (χ1n) is 9.64. The van der Waals surface area contributed by atoms with Gasteiger partial charge in [-0.05, 0) is 32.9 Å². The van der Waals surface area contributed by atoms with Crippen molar-refractivity contribution in [3.8, 4) is 0 Å². The summed E-state index contributed by atoms with van der Waals surface area (Å²) in [5.41, 5.74) is -0.966. The van der Waals surface area contributed by atoms with Gasteiger partial charge in [-0.2, -0.15) is 0 Å². The summed E-state index contributed by atoms with van der Waals surface area (Å²) in [7, 11) is 0. The minimum atomic E-state index is -1.66. The molecule has 4 heterocycles. The molecule has 0 radical (unpaired) electrons. The zero-order valence-corrected chi connectivity index (χ0v) is 17.4. The molecule has 1 unspecified atom stereocenters. The van der Waals surface area contributed by atoms with E-state index in [1.807, 2.05) is 0 Å². The van der Waals surface area contributed by atoms with Gasteiger partial charge in [-0.15, -0.1) is 0 Å². The number of aliphatic hydroxyl groups is 1. The minimum Gasteiger partial charge on any atom is -0.383 e. The molecule has 2 aliphatic rings. The van der Waals surface area contributed by atoms with Crippen LogP contribution in [0.2, 0.25) is 5.15 Å². The van der Waals surface area contributed by atoms with Crippen LogP contribution in [0.25, 0.3) is 11.0 Å². The summed E-state index contributed by atoms with van der Waals surface area (Å²) in [6.07, 6.45) is 0.421. The van der Waals surface area contributed by atoms with Crippen LogP contribution in [0.15, 0.2) is 42.9 Å². The maximum absolute atomic E-state index is 14.5. The molecule has 2 aliphatic heterocycles. The molecule has 1 aromatic carbocycles. The van der Waals surface area contributed by atoms with Crippen molar-refractivity contribution >= 4 is 22.6 Å². The molecule has 1 N–H and O–H groups in total. The first kappa shape index (κ1) is 19.8. The normalized spacial score (nSPS) is 29.8. The number of fused-ring (bicyclic) bond motifs is 2. The lowest BCUT2D eigenvalue weighted by Gasteiger charge is -2.34. The van der Waals surface area contributed by atoms with Crippen molar-refractivity contribution < 1.29 is 23.7 Å². The first-order chi connectivity index (χ1) is 14.2. The van der Waals surface area contributed by atoms with Crippen LogP contribution in [-0.2, 0) is 19.8 Å². The van der Waals surface area contributed by atoms with Crippen LogP contribution >= 0.6 is 11.6 Å². The SMILES string of the molecule is CC1(C)O[C@@H]2[C@H](O1)[C@@H](C(C)(O)c1ccccc1F)O[C@H]2n1ccc2c(Cl)ncnc21. The third-order valence-electron chi connectivity index (χ3n) is 5.74. The van der Waals surface area contributed by atoms with Gasteiger partial charge in [0.15, 0.2) is 12.0 Å². The van der Waals surface area contributed by atoms with Crippen LogP contribution in [0.1, 0.15) is 32.6 Å². The molecule has 158 valence electrons. The van der Waals surface area contributed by atoms with Crippen molar-refractivity contribution in [3.05, 3.63) is 59.4 Å². The molecular formula is C21H21ClFN3O4. The molecule has 7 nitrogen and oxygen atoms in total. The van der Waals surface area contributed by atoms with E-state index in [-0.39, 0.29) is 5.56 Å². The van der Waals surface area contributed by atoms with Gasteiger partial charge >= 0.3 is 0 Å². The number of halogens is 2. The summed E-state index contributed by atoms with van der Waals surface area (Å²) in [5.74, 6) is -1.41. The fourth-order valence-electron chi connectivity index (χ4n) is 4.42. The smallest absolute Gasteiger partial charge is 0.164 e. The van der Waals surface area contributed by atoms with Gasteiger partial charge < -0.3 is 23.9 Å². The lowest BCUT2D eigenvalue weighted by atomic mass is 9.86. The third kappa shape index (κ3) is 2.94. The molecule has 0 spiro atoms. The maximum Gasteiger partial charge on any atom is 0.164 e. The van der Waals surface area contributed by atoms with Crippen LogP contribution in [0.5, 0.6) is 0 Å². The van der Waals surface area contributed by atoms with Gasteiger partial charge in [0, 0.05) is 11.8 Å². The highest BCUT2D eigenvalue weighted by Gasteiger charge is 2.61. The van der Waals surface area contributed by atoms with Crippen LogP contribution in [-0.4, -0.2) is 43.7 Å². The standard InChI is InChI=1S/C21H21ClFN3O4/c1-20(2)29-14-15(30-20)19(26-9-8-11-17(22)24-10-25-18(11)26)28-16(14)21(3,27)12-6-4-5-7-13(12)23/h4-10,14-16,19,27H,1-3H3/t14-,15+,16-,19+,21?/m0/s1. The Balaban J connectivity index is 1.59. The lowest BCUT2D eigenvalue weighted by Crippen LogP contribution is -2.45. The van der Waals surface area contributed by atoms with E-state index in [1.165, 1.54) is 19.3 Å². The van der Waals surface area contributed by atoms with Gasteiger partial charge in [0.25, 0.3) is 0 Å². The Kier molecular flexibility index (Phi) is 4.43. The van der Waals surface area contributed by atoms with E-state index in [9.17, 15) is 9.50 Å². The van der Waals surface area contributed by atoms with E-state index in [0.717, 1.165) is 0 Å². The Morgan fingerprint density at radius 3 is 2.67 bits per heavy atom. The Morgan fingerprint density at radius 2 is 1.90 bits per heavy atom. The second-order valence-corrected chi connectivity index (χ2v) is 8.62. The number of rotatable bonds is 3. The third-order valence-corrected chi connectivity index (χ3v) is 6.04. The fraction of sp³-hybridized carbons (Fsp3) is 0.429. The second-order valence-electron chi connectivity index (χ2n) is 8.26. The fourth-order valence-corrected chi connectivity index (χ4v) is 4.61. The van der Waals surface area contributed by atoms with Gasteiger partial charge in [-0.3, -0.25) is 0 Å². The molecule has 9 heteroatoms. The van der Waals surface area contributed by atoms with E-state index >= 15 is 0 Å². The van der Waals surface area contributed by atoms with Crippen LogP contribution in [0, 0.1) is 5.82 Å². The van der Waals surface area contributed by atoms with E-state index in [4.69, 9.17) is 25.8 Å². The van der Waals surface area contributed by atoms with Crippen LogP contribution in [0.4, 0.5) is 4.39 Å². The van der Waals surface area contributed by atoms with Crippen molar-refractivity contribution in [2.24, 2.45) is 0 Å². The van der Waals surface area contributed by atoms with Crippen molar-refractivity contribution in [1.29, 1.82) is 0 Å². The van der Waals surface area contributed by atoms with Gasteiger partial charge in [0.1, 0.15) is 46.9 Å². The molecule has 2 saturated heterocycles. The van der Waals surface area contributed by atoms with E-state index in [1.54, 1.807) is 48.9 Å². The molecule has 3 aromatic rings. The predicted octanol–water partition coefficient (Wildman–Crippen LogP) is 3.55. The molecule has 5 atom stereocenters. The molecule has 2 aromatic heterocycles. The van der Waals surface area contributed by atoms with Crippen molar-refractivity contribution in [3.63, 3.8) is 0 Å². The number of hydrogen-bond donors (Lipinski definition) is 1. The lowest BCUT2D eigenvalue weighted by molar-refractivity contribution is -0.221. The van der Waals surface area contributed by atoms with Gasteiger partial charge in [-0.1, -0.05) is 29.8 Å². The predicted molar refractivity (Wildman–Crippen MR) is 106 cm³/mol. The Bertz CT molecular complexity index is 1120. The number of nitrogens with zero attached hydrogens (tertiary/aromatic N) is 3. The Hall–Kier alpha value is -2.10. The summed E-state index contributed by atoms with van der Waals surface area (Å²) >= 11 is 6.19. The summed E-state index contributed by atoms with van der Waals surface area (Å²) in [5, 5.41) is 12.4. The number of benzene rings is 1. The number of aromatic nitrogens is 3.